The van der Waals surface area contributed by atoms with Gasteiger partial charge in [-0.2, -0.15) is 0 Å². The van der Waals surface area contributed by atoms with Crippen molar-refractivity contribution in [1.29, 1.82) is 0 Å². The monoisotopic (exact) mass is 194 g/mol. The van der Waals surface area contributed by atoms with Gasteiger partial charge in [0.05, 0.1) is 6.33 Å². The first-order valence-electron chi connectivity index (χ1n) is 4.84. The number of H-pyrrole nitrogens is 1. The summed E-state index contributed by atoms with van der Waals surface area (Å²) in [5.74, 6) is 1.22. The van der Waals surface area contributed by atoms with Crippen LogP contribution >= 0.6 is 0 Å². The Labute approximate surface area is 81.7 Å². The van der Waals surface area contributed by atoms with E-state index >= 15 is 0 Å². The normalized spacial score (nSPS) is 16.3. The predicted octanol–water partition coefficient (Wildman–Crippen LogP) is 0.564. The fourth-order valence-corrected chi connectivity index (χ4v) is 1.49. The van der Waals surface area contributed by atoms with Crippen molar-refractivity contribution in [3.63, 3.8) is 0 Å². The van der Waals surface area contributed by atoms with E-state index in [1.165, 1.54) is 25.6 Å². The summed E-state index contributed by atoms with van der Waals surface area (Å²) in [6, 6.07) is 0. The minimum atomic E-state index is -0.281. The molecular formula is C9H14N4O. The van der Waals surface area contributed by atoms with Gasteiger partial charge >= 0.3 is 0 Å². The van der Waals surface area contributed by atoms with Crippen LogP contribution in [0.4, 0.5) is 11.5 Å². The Bertz CT molecular complexity index is 369. The van der Waals surface area contributed by atoms with E-state index in [9.17, 15) is 4.79 Å². The molecule has 0 aromatic carbocycles. The number of hydrogen-bond acceptors (Lipinski definition) is 4. The van der Waals surface area contributed by atoms with Crippen molar-refractivity contribution >= 4 is 11.5 Å². The van der Waals surface area contributed by atoms with Gasteiger partial charge in [-0.1, -0.05) is 6.42 Å². The number of nitrogens with zero attached hydrogens (tertiary/aromatic N) is 1. The second-order valence-electron chi connectivity index (χ2n) is 3.67. The van der Waals surface area contributed by atoms with Gasteiger partial charge in [-0.05, 0) is 18.8 Å². The van der Waals surface area contributed by atoms with Gasteiger partial charge in [-0.3, -0.25) is 4.79 Å². The molecule has 1 aliphatic carbocycles. The molecule has 1 aromatic rings. The zero-order chi connectivity index (χ0) is 9.97. The molecule has 4 N–H and O–H groups in total. The van der Waals surface area contributed by atoms with Gasteiger partial charge in [0.1, 0.15) is 5.69 Å². The molecule has 0 atom stereocenters. The van der Waals surface area contributed by atoms with E-state index in [1.54, 1.807) is 0 Å². The lowest BCUT2D eigenvalue weighted by Gasteiger charge is -2.25. The Morgan fingerprint density at radius 1 is 1.64 bits per heavy atom. The molecular weight excluding hydrogens is 180 g/mol. The highest BCUT2D eigenvalue weighted by Gasteiger charge is 2.17. The van der Waals surface area contributed by atoms with E-state index in [0.29, 0.717) is 5.82 Å². The molecule has 1 saturated carbocycles. The summed E-state index contributed by atoms with van der Waals surface area (Å²) in [6.07, 6.45) is 5.19. The van der Waals surface area contributed by atoms with Crippen molar-refractivity contribution in [1.82, 2.24) is 9.97 Å². The number of aromatic amines is 1. The first-order chi connectivity index (χ1) is 6.77. The average Bonchev–Trinajstić information content (AvgIpc) is 2.09. The van der Waals surface area contributed by atoms with Gasteiger partial charge in [0.15, 0.2) is 5.82 Å². The summed E-state index contributed by atoms with van der Waals surface area (Å²) in [5, 5.41) is 3.10. The minimum Gasteiger partial charge on any atom is -0.391 e. The van der Waals surface area contributed by atoms with E-state index in [0.717, 1.165) is 12.5 Å². The first-order valence-corrected chi connectivity index (χ1v) is 4.84. The van der Waals surface area contributed by atoms with Gasteiger partial charge in [0.2, 0.25) is 0 Å². The molecule has 76 valence electrons. The summed E-state index contributed by atoms with van der Waals surface area (Å²) in [5.41, 5.74) is 5.45. The minimum absolute atomic E-state index is 0.173. The summed E-state index contributed by atoms with van der Waals surface area (Å²) in [4.78, 5) is 17.5. The highest BCUT2D eigenvalue weighted by Crippen LogP contribution is 2.26. The van der Waals surface area contributed by atoms with Crippen molar-refractivity contribution in [2.24, 2.45) is 5.92 Å². The summed E-state index contributed by atoms with van der Waals surface area (Å²) in [7, 11) is 0. The molecule has 1 fully saturated rings. The number of nitrogens with one attached hydrogen (secondary N) is 2. The standard InChI is InChI=1S/C9H14N4O/c10-7-8(12-5-13-9(7)14)11-4-6-2-1-3-6/h5-6H,1-4,10H2,(H2,11,12,13,14). The molecule has 0 radical (unpaired) electrons. The van der Waals surface area contributed by atoms with E-state index in [-0.39, 0.29) is 11.2 Å². The van der Waals surface area contributed by atoms with Gasteiger partial charge < -0.3 is 16.0 Å². The number of nitrogen functional groups attached to an aromatic ring is 1. The lowest BCUT2D eigenvalue weighted by Crippen LogP contribution is -2.23. The molecule has 1 heterocycles. The Hall–Kier alpha value is -1.52. The van der Waals surface area contributed by atoms with Crippen molar-refractivity contribution in [2.45, 2.75) is 19.3 Å². The zero-order valence-corrected chi connectivity index (χ0v) is 7.92. The molecule has 1 aliphatic rings. The van der Waals surface area contributed by atoms with Crippen LogP contribution in [-0.4, -0.2) is 16.5 Å². The highest BCUT2D eigenvalue weighted by molar-refractivity contribution is 5.58. The largest absolute Gasteiger partial charge is 0.391 e. The van der Waals surface area contributed by atoms with E-state index in [2.05, 4.69) is 15.3 Å². The zero-order valence-electron chi connectivity index (χ0n) is 7.92. The van der Waals surface area contributed by atoms with Crippen LogP contribution in [0.15, 0.2) is 11.1 Å². The number of hydrogen-bond donors (Lipinski definition) is 3. The SMILES string of the molecule is Nc1c(NCC2CCC2)nc[nH]c1=O. The molecule has 5 heteroatoms. The molecule has 0 spiro atoms. The fourth-order valence-electron chi connectivity index (χ4n) is 1.49. The van der Waals surface area contributed by atoms with E-state index in [4.69, 9.17) is 5.73 Å². The molecule has 1 aromatic heterocycles. The van der Waals surface area contributed by atoms with Crippen LogP contribution in [0.2, 0.25) is 0 Å². The van der Waals surface area contributed by atoms with Crippen LogP contribution in [0, 0.1) is 5.92 Å². The second kappa shape index (κ2) is 3.69. The summed E-state index contributed by atoms with van der Waals surface area (Å²) < 4.78 is 0. The highest BCUT2D eigenvalue weighted by atomic mass is 16.1. The topological polar surface area (TPSA) is 83.8 Å². The van der Waals surface area contributed by atoms with Gasteiger partial charge in [0, 0.05) is 6.54 Å². The second-order valence-corrected chi connectivity index (χ2v) is 3.67. The van der Waals surface area contributed by atoms with Crippen molar-refractivity contribution in [2.75, 3.05) is 17.6 Å². The number of aromatic nitrogens is 2. The maximum atomic E-state index is 11.1. The maximum absolute atomic E-state index is 11.1. The quantitative estimate of drug-likeness (QED) is 0.656. The summed E-state index contributed by atoms with van der Waals surface area (Å²) >= 11 is 0. The van der Waals surface area contributed by atoms with Gasteiger partial charge in [-0.15, -0.1) is 0 Å². The molecule has 2 rings (SSSR count). The number of rotatable bonds is 3. The molecule has 14 heavy (non-hydrogen) atoms. The summed E-state index contributed by atoms with van der Waals surface area (Å²) in [6.45, 7) is 0.862. The van der Waals surface area contributed by atoms with Crippen LogP contribution < -0.4 is 16.6 Å². The lowest BCUT2D eigenvalue weighted by atomic mass is 9.85. The van der Waals surface area contributed by atoms with Crippen molar-refractivity contribution < 1.29 is 0 Å². The molecule has 0 unspecified atom stereocenters. The Morgan fingerprint density at radius 3 is 3.07 bits per heavy atom. The van der Waals surface area contributed by atoms with Crippen LogP contribution in [0.5, 0.6) is 0 Å². The maximum Gasteiger partial charge on any atom is 0.276 e. The molecule has 0 aliphatic heterocycles. The van der Waals surface area contributed by atoms with Crippen LogP contribution in [0.25, 0.3) is 0 Å². The predicted molar refractivity (Wildman–Crippen MR) is 55.1 cm³/mol. The first kappa shape index (κ1) is 9.05. The van der Waals surface area contributed by atoms with Crippen LogP contribution in [-0.2, 0) is 0 Å². The van der Waals surface area contributed by atoms with E-state index < -0.39 is 0 Å². The number of nitrogens with two attached hydrogens (primary N) is 1. The third-order valence-corrected chi connectivity index (χ3v) is 2.67. The van der Waals surface area contributed by atoms with Crippen molar-refractivity contribution in [3.8, 4) is 0 Å². The Balaban J connectivity index is 2.01. The lowest BCUT2D eigenvalue weighted by molar-refractivity contribution is 0.333. The number of anilines is 2. The van der Waals surface area contributed by atoms with Gasteiger partial charge in [-0.25, -0.2) is 4.98 Å². The van der Waals surface area contributed by atoms with Gasteiger partial charge in [0.25, 0.3) is 5.56 Å². The average molecular weight is 194 g/mol. The molecule has 0 amide bonds. The Morgan fingerprint density at radius 2 is 2.43 bits per heavy atom. The van der Waals surface area contributed by atoms with E-state index in [1.807, 2.05) is 0 Å². The smallest absolute Gasteiger partial charge is 0.276 e. The molecule has 0 saturated heterocycles. The van der Waals surface area contributed by atoms with Crippen LogP contribution in [0.1, 0.15) is 19.3 Å². The third-order valence-electron chi connectivity index (χ3n) is 2.67. The molecule has 5 nitrogen and oxygen atoms in total. The van der Waals surface area contributed by atoms with Crippen molar-refractivity contribution in [3.05, 3.63) is 16.7 Å². The van der Waals surface area contributed by atoms with Crippen LogP contribution in [0.3, 0.4) is 0 Å². The molecule has 0 bridgehead atoms. The Kier molecular flexibility index (Phi) is 2.39. The fraction of sp³-hybridized carbons (Fsp3) is 0.556. The third kappa shape index (κ3) is 1.71.